The number of urea groups is 1. The average molecular weight is 389 g/mol. The van der Waals surface area contributed by atoms with Crippen molar-refractivity contribution in [2.45, 2.75) is 18.9 Å². The summed E-state index contributed by atoms with van der Waals surface area (Å²) < 4.78 is 5.14. The molecule has 0 saturated carbocycles. The van der Waals surface area contributed by atoms with E-state index < -0.39 is 0 Å². The molecule has 0 aliphatic carbocycles. The summed E-state index contributed by atoms with van der Waals surface area (Å²) in [5, 5.41) is 2.99. The van der Waals surface area contributed by atoms with Gasteiger partial charge in [0.1, 0.15) is 0 Å². The first kappa shape index (κ1) is 18.8. The molecular formula is C23H23N3O3. The standard InChI is InChI=1S/C23H23N3O3/c27-22(21-12-7-17-29-21)24-18-13-15-25(16-14-18)23(28)26(19-8-3-1-4-9-19)20-10-5-2-6-11-20/h1-12,17-18H,13-16H2,(H,24,27). The molecule has 2 aromatic carbocycles. The Morgan fingerprint density at radius 2 is 1.45 bits per heavy atom. The molecule has 0 bridgehead atoms. The van der Waals surface area contributed by atoms with E-state index in [9.17, 15) is 9.59 Å². The second kappa shape index (κ2) is 8.65. The number of hydrogen-bond donors (Lipinski definition) is 1. The summed E-state index contributed by atoms with van der Waals surface area (Å²) in [6, 6.07) is 22.6. The van der Waals surface area contributed by atoms with E-state index in [2.05, 4.69) is 5.32 Å². The number of likely N-dealkylation sites (tertiary alicyclic amines) is 1. The van der Waals surface area contributed by atoms with Crippen LogP contribution in [0.25, 0.3) is 0 Å². The SMILES string of the molecule is O=C(NC1CCN(C(=O)N(c2ccccc2)c2ccccc2)CC1)c1ccco1. The maximum Gasteiger partial charge on any atom is 0.329 e. The van der Waals surface area contributed by atoms with Gasteiger partial charge in [-0.05, 0) is 49.2 Å². The number of carbonyl (C=O) groups is 2. The van der Waals surface area contributed by atoms with Gasteiger partial charge in [-0.1, -0.05) is 36.4 Å². The zero-order valence-electron chi connectivity index (χ0n) is 16.0. The maximum atomic E-state index is 13.4. The Morgan fingerprint density at radius 1 is 0.862 bits per heavy atom. The lowest BCUT2D eigenvalue weighted by Crippen LogP contribution is -2.49. The molecule has 3 amide bonds. The highest BCUT2D eigenvalue weighted by molar-refractivity contribution is 5.99. The van der Waals surface area contributed by atoms with Gasteiger partial charge in [-0.25, -0.2) is 4.79 Å². The minimum absolute atomic E-state index is 0.0264. The van der Waals surface area contributed by atoms with E-state index in [1.807, 2.05) is 65.6 Å². The molecule has 3 aromatic rings. The summed E-state index contributed by atoms with van der Waals surface area (Å²) in [6.45, 7) is 1.16. The molecule has 6 nitrogen and oxygen atoms in total. The van der Waals surface area contributed by atoms with Gasteiger partial charge in [0.05, 0.1) is 17.6 Å². The Morgan fingerprint density at radius 3 is 1.97 bits per heavy atom. The van der Waals surface area contributed by atoms with Gasteiger partial charge < -0.3 is 14.6 Å². The summed E-state index contributed by atoms with van der Waals surface area (Å²) >= 11 is 0. The third kappa shape index (κ3) is 4.32. The number of piperidine rings is 1. The van der Waals surface area contributed by atoms with Crippen LogP contribution in [-0.2, 0) is 0 Å². The van der Waals surface area contributed by atoms with Gasteiger partial charge in [0, 0.05) is 19.1 Å². The number of benzene rings is 2. The number of furan rings is 1. The van der Waals surface area contributed by atoms with Crippen molar-refractivity contribution in [1.82, 2.24) is 10.2 Å². The summed E-state index contributed by atoms with van der Waals surface area (Å²) in [7, 11) is 0. The second-order valence-corrected chi connectivity index (χ2v) is 7.00. The van der Waals surface area contributed by atoms with Crippen LogP contribution in [0.4, 0.5) is 16.2 Å². The number of nitrogens with zero attached hydrogens (tertiary/aromatic N) is 2. The molecule has 0 spiro atoms. The van der Waals surface area contributed by atoms with Gasteiger partial charge in [-0.2, -0.15) is 0 Å². The molecule has 2 heterocycles. The Bertz CT molecular complexity index is 895. The van der Waals surface area contributed by atoms with E-state index in [-0.39, 0.29) is 18.0 Å². The number of carbonyl (C=O) groups excluding carboxylic acids is 2. The van der Waals surface area contributed by atoms with Crippen molar-refractivity contribution in [2.24, 2.45) is 0 Å². The fourth-order valence-corrected chi connectivity index (χ4v) is 3.54. The lowest BCUT2D eigenvalue weighted by Gasteiger charge is -2.36. The van der Waals surface area contributed by atoms with E-state index in [0.717, 1.165) is 11.4 Å². The summed E-state index contributed by atoms with van der Waals surface area (Å²) in [5.41, 5.74) is 1.66. The van der Waals surface area contributed by atoms with E-state index in [1.165, 1.54) is 6.26 Å². The first-order chi connectivity index (χ1) is 14.2. The lowest BCUT2D eigenvalue weighted by atomic mass is 10.0. The average Bonchev–Trinajstić information content (AvgIpc) is 3.31. The summed E-state index contributed by atoms with van der Waals surface area (Å²) in [6.07, 6.45) is 2.89. The third-order valence-electron chi connectivity index (χ3n) is 5.07. The van der Waals surface area contributed by atoms with Crippen LogP contribution in [0.15, 0.2) is 83.5 Å². The maximum absolute atomic E-state index is 13.4. The van der Waals surface area contributed by atoms with Gasteiger partial charge in [0.15, 0.2) is 5.76 Å². The Labute approximate surface area is 169 Å². The highest BCUT2D eigenvalue weighted by atomic mass is 16.3. The predicted octanol–water partition coefficient (Wildman–Crippen LogP) is 4.43. The molecule has 148 valence electrons. The van der Waals surface area contributed by atoms with Crippen molar-refractivity contribution in [3.8, 4) is 0 Å². The fraction of sp³-hybridized carbons (Fsp3) is 0.217. The van der Waals surface area contributed by atoms with Crippen LogP contribution < -0.4 is 10.2 Å². The number of hydrogen-bond acceptors (Lipinski definition) is 3. The Kier molecular flexibility index (Phi) is 5.61. The minimum atomic E-state index is -0.213. The topological polar surface area (TPSA) is 65.8 Å². The van der Waals surface area contributed by atoms with Crippen LogP contribution in [-0.4, -0.2) is 36.0 Å². The molecule has 29 heavy (non-hydrogen) atoms. The third-order valence-corrected chi connectivity index (χ3v) is 5.07. The molecule has 0 radical (unpaired) electrons. The highest BCUT2D eigenvalue weighted by Crippen LogP contribution is 2.27. The normalized spacial score (nSPS) is 14.4. The van der Waals surface area contributed by atoms with Crippen molar-refractivity contribution in [1.29, 1.82) is 0 Å². The van der Waals surface area contributed by atoms with Crippen molar-refractivity contribution >= 4 is 23.3 Å². The van der Waals surface area contributed by atoms with Crippen molar-refractivity contribution in [3.05, 3.63) is 84.8 Å². The van der Waals surface area contributed by atoms with E-state index in [4.69, 9.17) is 4.42 Å². The molecule has 1 saturated heterocycles. The van der Waals surface area contributed by atoms with E-state index in [0.29, 0.717) is 31.7 Å². The first-order valence-corrected chi connectivity index (χ1v) is 9.76. The molecule has 1 aliphatic heterocycles. The van der Waals surface area contributed by atoms with Crippen LogP contribution >= 0.6 is 0 Å². The van der Waals surface area contributed by atoms with Crippen molar-refractivity contribution in [2.75, 3.05) is 18.0 Å². The van der Waals surface area contributed by atoms with Crippen molar-refractivity contribution in [3.63, 3.8) is 0 Å². The number of nitrogens with one attached hydrogen (secondary N) is 1. The fourth-order valence-electron chi connectivity index (χ4n) is 3.54. The second-order valence-electron chi connectivity index (χ2n) is 7.00. The molecule has 1 aliphatic rings. The van der Waals surface area contributed by atoms with Crippen molar-refractivity contribution < 1.29 is 14.0 Å². The van der Waals surface area contributed by atoms with Crippen LogP contribution in [0.3, 0.4) is 0 Å². The van der Waals surface area contributed by atoms with Gasteiger partial charge >= 0.3 is 6.03 Å². The smallest absolute Gasteiger partial charge is 0.329 e. The Hall–Kier alpha value is -3.54. The quantitative estimate of drug-likeness (QED) is 0.718. The minimum Gasteiger partial charge on any atom is -0.459 e. The number of para-hydroxylation sites is 2. The predicted molar refractivity (Wildman–Crippen MR) is 111 cm³/mol. The molecule has 4 rings (SSSR count). The molecule has 0 unspecified atom stereocenters. The summed E-state index contributed by atoms with van der Waals surface area (Å²) in [4.78, 5) is 29.1. The summed E-state index contributed by atoms with van der Waals surface area (Å²) in [5.74, 6) is 0.0952. The Balaban J connectivity index is 1.44. The van der Waals surface area contributed by atoms with Gasteiger partial charge in [-0.3, -0.25) is 9.69 Å². The molecule has 1 N–H and O–H groups in total. The number of amides is 3. The van der Waals surface area contributed by atoms with Crippen LogP contribution in [0.5, 0.6) is 0 Å². The highest BCUT2D eigenvalue weighted by Gasteiger charge is 2.29. The zero-order valence-corrected chi connectivity index (χ0v) is 16.0. The largest absolute Gasteiger partial charge is 0.459 e. The monoisotopic (exact) mass is 389 g/mol. The van der Waals surface area contributed by atoms with Crippen LogP contribution in [0.1, 0.15) is 23.4 Å². The molecule has 1 aromatic heterocycles. The van der Waals surface area contributed by atoms with Gasteiger partial charge in [0.2, 0.25) is 0 Å². The first-order valence-electron chi connectivity index (χ1n) is 9.76. The molecule has 1 fully saturated rings. The molecule has 0 atom stereocenters. The van der Waals surface area contributed by atoms with Gasteiger partial charge in [0.25, 0.3) is 5.91 Å². The number of rotatable bonds is 4. The number of anilines is 2. The molecular weight excluding hydrogens is 366 g/mol. The van der Waals surface area contributed by atoms with E-state index >= 15 is 0 Å². The zero-order chi connectivity index (χ0) is 20.1. The van der Waals surface area contributed by atoms with E-state index in [1.54, 1.807) is 17.0 Å². The van der Waals surface area contributed by atoms with Gasteiger partial charge in [-0.15, -0.1) is 0 Å². The van der Waals surface area contributed by atoms with Crippen LogP contribution in [0, 0.1) is 0 Å². The van der Waals surface area contributed by atoms with Crippen LogP contribution in [0.2, 0.25) is 0 Å². The lowest BCUT2D eigenvalue weighted by molar-refractivity contribution is 0.0891. The molecule has 6 heteroatoms.